The van der Waals surface area contributed by atoms with E-state index in [1.807, 2.05) is 18.7 Å². The van der Waals surface area contributed by atoms with Gasteiger partial charge in [0.2, 0.25) is 5.91 Å². The normalized spacial score (nSPS) is 43.6. The lowest BCUT2D eigenvalue weighted by Gasteiger charge is -2.73. The van der Waals surface area contributed by atoms with E-state index in [1.54, 1.807) is 0 Å². The van der Waals surface area contributed by atoms with Crippen molar-refractivity contribution in [2.75, 3.05) is 13.2 Å². The van der Waals surface area contributed by atoms with Gasteiger partial charge in [0.1, 0.15) is 6.10 Å². The van der Waals surface area contributed by atoms with Gasteiger partial charge in [-0.05, 0) is 141 Å². The zero-order valence-electron chi connectivity index (χ0n) is 32.7. The minimum absolute atomic E-state index is 0.0125. The summed E-state index contributed by atoms with van der Waals surface area (Å²) in [6.07, 6.45) is 13.7. The summed E-state index contributed by atoms with van der Waals surface area (Å²) in [5.74, 6) is 1.68. The first kappa shape index (κ1) is 37.9. The molecule has 7 heteroatoms. The number of carbonyl (C=O) groups is 3. The van der Waals surface area contributed by atoms with Crippen LogP contribution in [0.25, 0.3) is 0 Å². The molecule has 50 heavy (non-hydrogen) atoms. The van der Waals surface area contributed by atoms with E-state index in [-0.39, 0.29) is 70.5 Å². The van der Waals surface area contributed by atoms with E-state index >= 15 is 0 Å². The number of fused-ring (bicyclic) bond motifs is 7. The van der Waals surface area contributed by atoms with Gasteiger partial charge in [-0.15, -0.1) is 0 Å². The average Bonchev–Trinajstić information content (AvgIpc) is 3.63. The molecule has 0 aromatic rings. The van der Waals surface area contributed by atoms with Gasteiger partial charge in [0.05, 0.1) is 25.5 Å². The number of likely N-dealkylation sites (tertiary alicyclic amines) is 1. The van der Waals surface area contributed by atoms with Crippen LogP contribution in [-0.4, -0.2) is 58.3 Å². The third-order valence-corrected chi connectivity index (χ3v) is 17.1. The number of carboxylic acids is 1. The van der Waals surface area contributed by atoms with Crippen LogP contribution in [0.15, 0.2) is 12.2 Å². The van der Waals surface area contributed by atoms with E-state index in [0.29, 0.717) is 36.0 Å². The van der Waals surface area contributed by atoms with Gasteiger partial charge in [0, 0.05) is 18.4 Å². The van der Waals surface area contributed by atoms with Gasteiger partial charge in [-0.3, -0.25) is 14.4 Å². The molecule has 0 radical (unpaired) electrons. The Labute approximate surface area is 302 Å². The summed E-state index contributed by atoms with van der Waals surface area (Å²) in [6, 6.07) is -0.0125. The SMILES string of the molecule is C=C(C)[C@@H]1CC[C@]2(CC(=O)N3CCC[C@@H]3CO)CC[C@]3(C)[C@H](CCC4[C@@]5(C)CC[C@H](OC(=O)CC(C)(C)CC(=O)O)C(C)(C)C5CC[C@]43C)[C@@H]12. The molecule has 1 amide bonds. The summed E-state index contributed by atoms with van der Waals surface area (Å²) < 4.78 is 6.27. The Morgan fingerprint density at radius 3 is 2.24 bits per heavy atom. The maximum atomic E-state index is 14.0. The van der Waals surface area contributed by atoms with Gasteiger partial charge in [-0.25, -0.2) is 0 Å². The second-order valence-corrected chi connectivity index (χ2v) is 20.5. The molecule has 0 bridgehead atoms. The monoisotopic (exact) mass is 696 g/mol. The van der Waals surface area contributed by atoms with Gasteiger partial charge >= 0.3 is 11.9 Å². The van der Waals surface area contributed by atoms with Crippen molar-refractivity contribution in [3.63, 3.8) is 0 Å². The molecule has 6 fully saturated rings. The van der Waals surface area contributed by atoms with Crippen LogP contribution in [0.5, 0.6) is 0 Å². The number of carboxylic acid groups (broad SMARTS) is 1. The third kappa shape index (κ3) is 5.90. The number of ether oxygens (including phenoxy) is 1. The van der Waals surface area contributed by atoms with E-state index in [9.17, 15) is 24.6 Å². The number of hydrogen-bond donors (Lipinski definition) is 2. The number of aliphatic carboxylic acids is 1. The van der Waals surface area contributed by atoms with E-state index < -0.39 is 11.4 Å². The molecule has 0 spiro atoms. The van der Waals surface area contributed by atoms with Gasteiger partial charge in [0.25, 0.3) is 0 Å². The molecule has 5 saturated carbocycles. The molecule has 282 valence electrons. The second-order valence-electron chi connectivity index (χ2n) is 20.5. The number of carbonyl (C=O) groups excluding carboxylic acids is 2. The van der Waals surface area contributed by atoms with Crippen LogP contribution in [0.4, 0.5) is 0 Å². The Bertz CT molecular complexity index is 1370. The third-order valence-electron chi connectivity index (χ3n) is 17.1. The molecule has 11 atom stereocenters. The fraction of sp³-hybridized carbons (Fsp3) is 0.884. The second kappa shape index (κ2) is 12.9. The first-order valence-corrected chi connectivity index (χ1v) is 20.2. The van der Waals surface area contributed by atoms with Crippen molar-refractivity contribution >= 4 is 17.8 Å². The average molecular weight is 696 g/mol. The molecule has 0 aromatic carbocycles. The predicted octanol–water partition coefficient (Wildman–Crippen LogP) is 8.82. The number of allylic oxidation sites excluding steroid dienone is 1. The van der Waals surface area contributed by atoms with Gasteiger partial charge in [-0.2, -0.15) is 0 Å². The summed E-state index contributed by atoms with van der Waals surface area (Å²) in [6.45, 7) is 23.8. The summed E-state index contributed by atoms with van der Waals surface area (Å²) in [4.78, 5) is 40.7. The summed E-state index contributed by atoms with van der Waals surface area (Å²) in [5, 5.41) is 19.4. The Hall–Kier alpha value is -1.89. The number of nitrogens with zero attached hydrogens (tertiary/aromatic N) is 1. The van der Waals surface area contributed by atoms with Crippen LogP contribution in [0.3, 0.4) is 0 Å². The van der Waals surface area contributed by atoms with E-state index in [2.05, 4.69) is 48.1 Å². The molecule has 6 aliphatic rings. The summed E-state index contributed by atoms with van der Waals surface area (Å²) in [7, 11) is 0. The quantitative estimate of drug-likeness (QED) is 0.185. The summed E-state index contributed by atoms with van der Waals surface area (Å²) >= 11 is 0. The molecular weight excluding hydrogens is 626 g/mol. The maximum Gasteiger partial charge on any atom is 0.306 e. The summed E-state index contributed by atoms with van der Waals surface area (Å²) in [5.41, 5.74) is 1.05. The van der Waals surface area contributed by atoms with Crippen molar-refractivity contribution < 1.29 is 29.3 Å². The zero-order chi connectivity index (χ0) is 36.7. The van der Waals surface area contributed by atoms with Crippen molar-refractivity contribution in [3.05, 3.63) is 12.2 Å². The van der Waals surface area contributed by atoms with Crippen LogP contribution < -0.4 is 0 Å². The molecule has 5 aliphatic carbocycles. The molecular formula is C43H69NO6. The smallest absolute Gasteiger partial charge is 0.306 e. The molecule has 1 aliphatic heterocycles. The van der Waals surface area contributed by atoms with Crippen LogP contribution in [0.1, 0.15) is 152 Å². The van der Waals surface area contributed by atoms with Crippen LogP contribution in [-0.2, 0) is 19.1 Å². The minimum Gasteiger partial charge on any atom is -0.481 e. The molecule has 0 aromatic heterocycles. The number of esters is 1. The lowest BCUT2D eigenvalue weighted by atomic mass is 9.32. The first-order valence-electron chi connectivity index (χ1n) is 20.2. The lowest BCUT2D eigenvalue weighted by Crippen LogP contribution is -2.67. The minimum atomic E-state index is -0.885. The van der Waals surface area contributed by atoms with Gasteiger partial charge in [0.15, 0.2) is 0 Å². The van der Waals surface area contributed by atoms with Gasteiger partial charge < -0.3 is 19.8 Å². The fourth-order valence-corrected chi connectivity index (χ4v) is 14.6. The zero-order valence-corrected chi connectivity index (χ0v) is 32.7. The standard InChI is InChI=1S/C43H69NO6/c1-27(2)29-14-19-43(23-34(46)44-22-10-11-28(44)26-45)21-20-41(8)30(37(29)43)12-13-32-40(7)17-16-33(39(5,6)31(40)15-18-42(32,41)9)50-36(49)25-38(3,4)24-35(47)48/h28-33,37,45H,1,10-26H2,2-9H3,(H,47,48)/t28-,29+,30-,31?,32?,33+,37-,40+,41-,42-,43-/m1/s1. The van der Waals surface area contributed by atoms with Crippen LogP contribution >= 0.6 is 0 Å². The van der Waals surface area contributed by atoms with Crippen LogP contribution in [0.2, 0.25) is 0 Å². The fourth-order valence-electron chi connectivity index (χ4n) is 14.6. The lowest BCUT2D eigenvalue weighted by molar-refractivity contribution is -0.250. The largest absolute Gasteiger partial charge is 0.481 e. The topological polar surface area (TPSA) is 104 Å². The first-order chi connectivity index (χ1) is 23.2. The molecule has 1 heterocycles. The van der Waals surface area contributed by atoms with Crippen molar-refractivity contribution in [1.82, 2.24) is 4.90 Å². The number of aliphatic hydroxyl groups is 1. The molecule has 1 saturated heterocycles. The molecule has 2 unspecified atom stereocenters. The predicted molar refractivity (Wildman–Crippen MR) is 196 cm³/mol. The van der Waals surface area contributed by atoms with E-state index in [1.165, 1.54) is 31.3 Å². The van der Waals surface area contributed by atoms with E-state index in [4.69, 9.17) is 4.74 Å². The van der Waals surface area contributed by atoms with E-state index in [0.717, 1.165) is 57.9 Å². The molecule has 7 nitrogen and oxygen atoms in total. The van der Waals surface area contributed by atoms with Crippen molar-refractivity contribution in [2.24, 2.45) is 62.1 Å². The number of rotatable bonds is 9. The molecule has 2 N–H and O–H groups in total. The highest BCUT2D eigenvalue weighted by atomic mass is 16.5. The number of amides is 1. The maximum absolute atomic E-state index is 14.0. The van der Waals surface area contributed by atoms with Crippen LogP contribution in [0, 0.1) is 62.1 Å². The Morgan fingerprint density at radius 1 is 0.860 bits per heavy atom. The van der Waals surface area contributed by atoms with Crippen molar-refractivity contribution in [3.8, 4) is 0 Å². The van der Waals surface area contributed by atoms with Crippen molar-refractivity contribution in [1.29, 1.82) is 0 Å². The van der Waals surface area contributed by atoms with Crippen molar-refractivity contribution in [2.45, 2.75) is 164 Å². The Kier molecular flexibility index (Phi) is 9.77. The molecule has 6 rings (SSSR count). The highest BCUT2D eigenvalue weighted by molar-refractivity contribution is 5.78. The Morgan fingerprint density at radius 2 is 1.58 bits per heavy atom. The van der Waals surface area contributed by atoms with Gasteiger partial charge in [-0.1, -0.05) is 60.6 Å². The highest BCUT2D eigenvalue weighted by Gasteiger charge is 2.71. The number of hydrogen-bond acceptors (Lipinski definition) is 5. The Balaban J connectivity index is 1.24. The number of aliphatic hydroxyl groups excluding tert-OH is 1. The highest BCUT2D eigenvalue weighted by Crippen LogP contribution is 2.78.